The summed E-state index contributed by atoms with van der Waals surface area (Å²) in [6, 6.07) is 2.10. The van der Waals surface area contributed by atoms with Gasteiger partial charge in [0.2, 0.25) is 0 Å². The fraction of sp³-hybridized carbons (Fsp3) is 0.667. The predicted octanol–water partition coefficient (Wildman–Crippen LogP) is 3.99. The topological polar surface area (TPSA) is 23.8 Å². The molecule has 0 saturated carbocycles. The number of nitrogens with zero attached hydrogens (tertiary/aromatic N) is 1. The molecular formula is C9H15NS2. The van der Waals surface area contributed by atoms with E-state index in [-0.39, 0.29) is 0 Å². The summed E-state index contributed by atoms with van der Waals surface area (Å²) in [4.78, 5) is 0. The van der Waals surface area contributed by atoms with E-state index in [2.05, 4.69) is 24.5 Å². The molecule has 3 heteroatoms. The quantitative estimate of drug-likeness (QED) is 0.509. The predicted molar refractivity (Wildman–Crippen MR) is 58.9 cm³/mol. The van der Waals surface area contributed by atoms with Crippen LogP contribution in [0.15, 0.2) is 11.5 Å². The van der Waals surface area contributed by atoms with Crippen molar-refractivity contribution in [1.29, 1.82) is 5.26 Å². The summed E-state index contributed by atoms with van der Waals surface area (Å²) in [6.07, 6.45) is 6.38. The Morgan fingerprint density at radius 3 is 2.67 bits per heavy atom. The Morgan fingerprint density at radius 2 is 2.33 bits per heavy atom. The number of unbranched alkanes of at least 4 members (excludes halogenated alkanes) is 3. The Labute approximate surface area is 83.0 Å². The maximum atomic E-state index is 8.04. The zero-order valence-corrected chi connectivity index (χ0v) is 9.09. The van der Waals surface area contributed by atoms with Gasteiger partial charge in [0.05, 0.1) is 6.07 Å². The second-order valence-electron chi connectivity index (χ2n) is 2.37. The van der Waals surface area contributed by atoms with E-state index < -0.39 is 0 Å². The van der Waals surface area contributed by atoms with Gasteiger partial charge in [-0.2, -0.15) is 5.26 Å². The highest BCUT2D eigenvalue weighted by Gasteiger charge is 1.85. The lowest BCUT2D eigenvalue weighted by Crippen LogP contribution is -1.68. The third-order valence-electron chi connectivity index (χ3n) is 1.28. The van der Waals surface area contributed by atoms with Gasteiger partial charge in [0, 0.05) is 12.2 Å². The molecule has 0 N–H and O–H groups in total. The summed E-state index contributed by atoms with van der Waals surface area (Å²) < 4.78 is 0. The normalized spacial score (nSPS) is 13.3. The first-order chi connectivity index (χ1) is 5.91. The third kappa shape index (κ3) is 9.93. The molecule has 0 unspecified atom stereocenters. The largest absolute Gasteiger partial charge is 0.198 e. The first-order valence-corrected chi connectivity index (χ1v) is 6.60. The van der Waals surface area contributed by atoms with E-state index in [4.69, 9.17) is 5.26 Å². The lowest BCUT2D eigenvalue weighted by atomic mass is 10.2. The molecule has 0 bridgehead atoms. The van der Waals surface area contributed by atoms with Crippen LogP contribution in [0.2, 0.25) is 0 Å². The molecule has 0 spiro atoms. The number of nitriles is 1. The molecule has 1 nitrogen and oxygen atoms in total. The van der Waals surface area contributed by atoms with E-state index in [9.17, 15) is 0 Å². The van der Waals surface area contributed by atoms with Crippen LogP contribution in [0, 0.1) is 11.3 Å². The molecule has 0 atom stereocenters. The van der Waals surface area contributed by atoms with Crippen molar-refractivity contribution in [2.24, 2.45) is 0 Å². The molecule has 1 rings (SSSR count). The molecule has 0 aromatic carbocycles. The maximum absolute atomic E-state index is 8.04. The van der Waals surface area contributed by atoms with E-state index in [1.54, 1.807) is 0 Å². The van der Waals surface area contributed by atoms with E-state index in [0.717, 1.165) is 12.8 Å². The van der Waals surface area contributed by atoms with Crippen LogP contribution in [-0.2, 0) is 0 Å². The fourth-order valence-corrected chi connectivity index (χ4v) is 2.22. The molecule has 0 aromatic heterocycles. The third-order valence-corrected chi connectivity index (χ3v) is 3.19. The average Bonchev–Trinajstić information content (AvgIpc) is 2.62. The van der Waals surface area contributed by atoms with Crippen LogP contribution in [0.3, 0.4) is 0 Å². The van der Waals surface area contributed by atoms with Crippen LogP contribution in [0.5, 0.6) is 0 Å². The summed E-state index contributed by atoms with van der Waals surface area (Å²) in [5.41, 5.74) is 0. The van der Waals surface area contributed by atoms with Gasteiger partial charge in [0.25, 0.3) is 0 Å². The van der Waals surface area contributed by atoms with Gasteiger partial charge in [-0.15, -0.1) is 0 Å². The lowest BCUT2D eigenvalue weighted by molar-refractivity contribution is 0.734. The minimum atomic E-state index is 0.730. The maximum Gasteiger partial charge on any atom is 0.0621 e. The zero-order chi connectivity index (χ0) is 9.07. The molecule has 1 aliphatic rings. The van der Waals surface area contributed by atoms with Crippen LogP contribution in [-0.4, -0.2) is 5.75 Å². The average molecular weight is 201 g/mol. The molecule has 1 aliphatic heterocycles. The molecule has 0 aromatic rings. The Bertz CT molecular complexity index is 143. The van der Waals surface area contributed by atoms with Crippen LogP contribution >= 0.6 is 21.6 Å². The summed E-state index contributed by atoms with van der Waals surface area (Å²) in [5, 5.41) is 10.2. The van der Waals surface area contributed by atoms with E-state index in [1.807, 2.05) is 21.6 Å². The van der Waals surface area contributed by atoms with Crippen molar-refractivity contribution in [2.75, 3.05) is 5.75 Å². The summed E-state index contributed by atoms with van der Waals surface area (Å²) in [7, 11) is 3.69. The Hall–Kier alpha value is -0.0700. The Balaban J connectivity index is 0.000000211. The van der Waals surface area contributed by atoms with Gasteiger partial charge in [-0.25, -0.2) is 0 Å². The van der Waals surface area contributed by atoms with Gasteiger partial charge in [0.15, 0.2) is 0 Å². The van der Waals surface area contributed by atoms with Gasteiger partial charge < -0.3 is 0 Å². The molecular weight excluding hydrogens is 186 g/mol. The van der Waals surface area contributed by atoms with Crippen LogP contribution < -0.4 is 0 Å². The smallest absolute Gasteiger partial charge is 0.0621 e. The Kier molecular flexibility index (Phi) is 10.9. The minimum absolute atomic E-state index is 0.730. The van der Waals surface area contributed by atoms with Crippen molar-refractivity contribution in [3.05, 3.63) is 11.5 Å². The first kappa shape index (κ1) is 11.9. The number of rotatable bonds is 3. The van der Waals surface area contributed by atoms with Crippen molar-refractivity contribution >= 4 is 21.6 Å². The van der Waals surface area contributed by atoms with Crippen LogP contribution in [0.25, 0.3) is 0 Å². The molecule has 0 aliphatic carbocycles. The van der Waals surface area contributed by atoms with Gasteiger partial charge in [0.1, 0.15) is 0 Å². The van der Waals surface area contributed by atoms with E-state index in [0.29, 0.717) is 0 Å². The van der Waals surface area contributed by atoms with Crippen LogP contribution in [0.1, 0.15) is 32.6 Å². The van der Waals surface area contributed by atoms with Gasteiger partial charge in [-0.05, 0) is 11.8 Å². The highest BCUT2D eigenvalue weighted by molar-refractivity contribution is 8.78. The zero-order valence-electron chi connectivity index (χ0n) is 7.45. The molecule has 0 radical (unpaired) electrons. The second-order valence-corrected chi connectivity index (χ2v) is 4.69. The fourth-order valence-electron chi connectivity index (χ4n) is 0.650. The van der Waals surface area contributed by atoms with Crippen LogP contribution in [0.4, 0.5) is 0 Å². The standard InChI is InChI=1S/C6H11N.C3H4S2/c1-2-3-4-5-6-7;1-2-4-5-3-1/h2-5H2,1H3;1-2H,3H2. The van der Waals surface area contributed by atoms with Crippen molar-refractivity contribution in [3.8, 4) is 6.07 Å². The molecule has 68 valence electrons. The molecule has 1 heterocycles. The van der Waals surface area contributed by atoms with Crippen molar-refractivity contribution in [3.63, 3.8) is 0 Å². The van der Waals surface area contributed by atoms with Crippen molar-refractivity contribution in [1.82, 2.24) is 0 Å². The van der Waals surface area contributed by atoms with E-state index in [1.165, 1.54) is 18.6 Å². The van der Waals surface area contributed by atoms with Gasteiger partial charge in [-0.1, -0.05) is 47.4 Å². The number of hydrogen-bond acceptors (Lipinski definition) is 3. The SMILES string of the molecule is C1=CSSC1.CCCCCC#N. The summed E-state index contributed by atoms with van der Waals surface area (Å²) in [5.74, 6) is 1.20. The van der Waals surface area contributed by atoms with Gasteiger partial charge in [-0.3, -0.25) is 0 Å². The van der Waals surface area contributed by atoms with Crippen molar-refractivity contribution in [2.45, 2.75) is 32.6 Å². The molecule has 12 heavy (non-hydrogen) atoms. The van der Waals surface area contributed by atoms with E-state index >= 15 is 0 Å². The lowest BCUT2D eigenvalue weighted by Gasteiger charge is -1.84. The summed E-state index contributed by atoms with van der Waals surface area (Å²) in [6.45, 7) is 2.14. The first-order valence-electron chi connectivity index (χ1n) is 4.22. The molecule has 0 saturated heterocycles. The highest BCUT2D eigenvalue weighted by Crippen LogP contribution is 2.27. The molecule has 0 amide bonds. The molecule has 0 fully saturated rings. The monoisotopic (exact) mass is 201 g/mol. The second kappa shape index (κ2) is 10.9. The Morgan fingerprint density at radius 1 is 1.50 bits per heavy atom. The van der Waals surface area contributed by atoms with Gasteiger partial charge >= 0.3 is 0 Å². The highest BCUT2D eigenvalue weighted by atomic mass is 33.1. The van der Waals surface area contributed by atoms with Crippen molar-refractivity contribution < 1.29 is 0 Å². The minimum Gasteiger partial charge on any atom is -0.198 e. The number of hydrogen-bond donors (Lipinski definition) is 0. The summed E-state index contributed by atoms with van der Waals surface area (Å²) >= 11 is 0.